The Morgan fingerprint density at radius 3 is 1.70 bits per heavy atom. The molecule has 11 rings (SSSR count). The Morgan fingerprint density at radius 1 is 0.411 bits per heavy atom. The van der Waals surface area contributed by atoms with Gasteiger partial charge in [-0.15, -0.1) is 11.3 Å². The molecule has 0 radical (unpaired) electrons. The van der Waals surface area contributed by atoms with Crippen LogP contribution in [-0.4, -0.2) is 24.5 Å². The van der Waals surface area contributed by atoms with Gasteiger partial charge in [0.25, 0.3) is 0 Å². The first-order valence-corrected chi connectivity index (χ1v) is 19.5. The molecular weight excluding hydrogens is 703 g/mol. The van der Waals surface area contributed by atoms with Crippen LogP contribution in [0.5, 0.6) is 0 Å². The minimum absolute atomic E-state index is 0.574. The van der Waals surface area contributed by atoms with Gasteiger partial charge in [-0.05, 0) is 42.0 Å². The van der Waals surface area contributed by atoms with Crippen molar-refractivity contribution >= 4 is 53.3 Å². The number of thiophene rings is 1. The van der Waals surface area contributed by atoms with E-state index in [1.165, 1.54) is 42.0 Å². The summed E-state index contributed by atoms with van der Waals surface area (Å²) in [5.74, 6) is 1.80. The van der Waals surface area contributed by atoms with Crippen LogP contribution in [0.2, 0.25) is 0 Å². The summed E-state index contributed by atoms with van der Waals surface area (Å²) in [5, 5.41) is 4.96. The van der Waals surface area contributed by atoms with Crippen LogP contribution in [0.1, 0.15) is 0 Å². The summed E-state index contributed by atoms with van der Waals surface area (Å²) >= 11 is 1.81. The number of benzene rings is 7. The van der Waals surface area contributed by atoms with Crippen molar-refractivity contribution < 1.29 is 0 Å². The van der Waals surface area contributed by atoms with Gasteiger partial charge in [0, 0.05) is 70.6 Å². The minimum atomic E-state index is 0.574. The van der Waals surface area contributed by atoms with Crippen LogP contribution < -0.4 is 0 Å². The quantitative estimate of drug-likeness (QED) is 0.171. The van der Waals surface area contributed by atoms with E-state index in [-0.39, 0.29) is 0 Å². The summed E-state index contributed by atoms with van der Waals surface area (Å²) < 4.78 is 4.79. The smallest absolute Gasteiger partial charge is 0.166 e. The molecule has 5 nitrogen and oxygen atoms in total. The van der Waals surface area contributed by atoms with Gasteiger partial charge in [0.1, 0.15) is 0 Å². The average molecular weight is 734 g/mol. The van der Waals surface area contributed by atoms with Gasteiger partial charge in [-0.1, -0.05) is 146 Å². The van der Waals surface area contributed by atoms with Crippen LogP contribution in [0.15, 0.2) is 188 Å². The number of hydrogen-bond donors (Lipinski definition) is 0. The van der Waals surface area contributed by atoms with Gasteiger partial charge in [-0.2, -0.15) is 0 Å². The van der Waals surface area contributed by atoms with E-state index in [0.29, 0.717) is 17.5 Å². The van der Waals surface area contributed by atoms with Gasteiger partial charge >= 0.3 is 0 Å². The molecule has 7 aromatic carbocycles. The predicted molar refractivity (Wildman–Crippen MR) is 232 cm³/mol. The molecule has 0 fully saturated rings. The number of rotatable bonds is 6. The first kappa shape index (κ1) is 32.2. The Balaban J connectivity index is 1.19. The van der Waals surface area contributed by atoms with Crippen LogP contribution >= 0.6 is 11.3 Å². The molecular formula is C50H31N5S. The minimum Gasteiger partial charge on any atom is -0.309 e. The fraction of sp³-hybridized carbons (Fsp3) is 0. The number of aromatic nitrogens is 5. The molecule has 0 N–H and O–H groups in total. The second-order valence-corrected chi connectivity index (χ2v) is 14.9. The molecule has 0 aliphatic rings. The summed E-state index contributed by atoms with van der Waals surface area (Å²) in [4.78, 5) is 20.7. The average Bonchev–Trinajstić information content (AvgIpc) is 3.83. The van der Waals surface area contributed by atoms with Crippen LogP contribution in [0, 0.1) is 0 Å². The van der Waals surface area contributed by atoms with E-state index < -0.39 is 0 Å². The Bertz CT molecular complexity index is 3170. The highest BCUT2D eigenvalue weighted by Crippen LogP contribution is 2.47. The number of para-hydroxylation sites is 2. The number of hydrogen-bond acceptors (Lipinski definition) is 5. The van der Waals surface area contributed by atoms with Gasteiger partial charge in [0.15, 0.2) is 17.5 Å². The fourth-order valence-electron chi connectivity index (χ4n) is 7.96. The molecule has 4 heterocycles. The molecule has 4 aromatic heterocycles. The van der Waals surface area contributed by atoms with E-state index in [2.05, 4.69) is 120 Å². The molecule has 0 bridgehead atoms. The maximum Gasteiger partial charge on any atom is 0.166 e. The second-order valence-electron chi connectivity index (χ2n) is 13.8. The van der Waals surface area contributed by atoms with Crippen molar-refractivity contribution in [3.63, 3.8) is 0 Å². The third-order valence-corrected chi connectivity index (χ3v) is 11.7. The molecule has 56 heavy (non-hydrogen) atoms. The maximum atomic E-state index is 5.28. The SMILES string of the molecule is c1ccc(-c2cnc(-c3cccc4c3sc3ccc5c(c6ccccc6n5-c5ccccc5)c34)c(-c3nc(-c4ccccc4)nc(-c4ccccc4)n3)c2)cc1. The number of pyridine rings is 1. The summed E-state index contributed by atoms with van der Waals surface area (Å²) in [5.41, 5.74) is 10.2. The van der Waals surface area contributed by atoms with Crippen molar-refractivity contribution in [2.75, 3.05) is 0 Å². The van der Waals surface area contributed by atoms with E-state index in [0.717, 1.165) is 44.8 Å². The molecule has 0 aliphatic heterocycles. The maximum absolute atomic E-state index is 5.28. The van der Waals surface area contributed by atoms with Gasteiger partial charge in [0.2, 0.25) is 0 Å². The molecule has 0 saturated carbocycles. The van der Waals surface area contributed by atoms with Crippen LogP contribution in [-0.2, 0) is 0 Å². The lowest BCUT2D eigenvalue weighted by Gasteiger charge is -2.14. The van der Waals surface area contributed by atoms with E-state index in [1.54, 1.807) is 0 Å². The van der Waals surface area contributed by atoms with Crippen molar-refractivity contribution in [1.29, 1.82) is 0 Å². The molecule has 0 amide bonds. The van der Waals surface area contributed by atoms with E-state index in [4.69, 9.17) is 19.9 Å². The van der Waals surface area contributed by atoms with Gasteiger partial charge < -0.3 is 4.57 Å². The highest BCUT2D eigenvalue weighted by molar-refractivity contribution is 7.26. The normalized spacial score (nSPS) is 11.6. The topological polar surface area (TPSA) is 56.5 Å². The summed E-state index contributed by atoms with van der Waals surface area (Å²) in [6.45, 7) is 0. The summed E-state index contributed by atoms with van der Waals surface area (Å²) in [6, 6.07) is 63.3. The zero-order chi connectivity index (χ0) is 37.0. The van der Waals surface area contributed by atoms with E-state index in [9.17, 15) is 0 Å². The standard InChI is InChI=1S/C50H31N5S/c1-5-16-32(17-6-1)35-30-40(50-53-48(33-18-7-2-8-19-33)52-49(54-50)34-20-9-3-10-21-34)46(51-31-35)39-26-15-25-38-45-43(56-47(38)39)29-28-42-44(45)37-24-13-14-27-41(37)55(42)36-22-11-4-12-23-36/h1-31H. The first-order chi connectivity index (χ1) is 27.8. The van der Waals surface area contributed by atoms with Crippen LogP contribution in [0.4, 0.5) is 0 Å². The van der Waals surface area contributed by atoms with Crippen molar-refractivity contribution in [3.8, 4) is 62.2 Å². The number of nitrogens with zero attached hydrogens (tertiary/aromatic N) is 5. The molecule has 11 aromatic rings. The molecule has 0 unspecified atom stereocenters. The predicted octanol–water partition coefficient (Wildman–Crippen LogP) is 13.1. The molecule has 0 saturated heterocycles. The first-order valence-electron chi connectivity index (χ1n) is 18.6. The lowest BCUT2D eigenvalue weighted by molar-refractivity contribution is 1.07. The third-order valence-electron chi connectivity index (χ3n) is 10.5. The lowest BCUT2D eigenvalue weighted by atomic mass is 9.98. The second kappa shape index (κ2) is 13.2. The Hall–Kier alpha value is -7.28. The number of fused-ring (bicyclic) bond motifs is 7. The summed E-state index contributed by atoms with van der Waals surface area (Å²) in [6.07, 6.45) is 1.98. The van der Waals surface area contributed by atoms with Crippen molar-refractivity contribution in [2.24, 2.45) is 0 Å². The lowest BCUT2D eigenvalue weighted by Crippen LogP contribution is -2.02. The zero-order valence-corrected chi connectivity index (χ0v) is 30.9. The highest BCUT2D eigenvalue weighted by atomic mass is 32.1. The molecule has 262 valence electrons. The van der Waals surface area contributed by atoms with E-state index in [1.807, 2.05) is 84.3 Å². The van der Waals surface area contributed by atoms with Gasteiger partial charge in [-0.25, -0.2) is 15.0 Å². The largest absolute Gasteiger partial charge is 0.309 e. The highest BCUT2D eigenvalue weighted by Gasteiger charge is 2.23. The molecule has 0 atom stereocenters. The van der Waals surface area contributed by atoms with E-state index >= 15 is 0 Å². The van der Waals surface area contributed by atoms with Crippen LogP contribution in [0.25, 0.3) is 104 Å². The Labute approximate surface area is 326 Å². The summed E-state index contributed by atoms with van der Waals surface area (Å²) in [7, 11) is 0. The molecule has 0 spiro atoms. The van der Waals surface area contributed by atoms with Crippen molar-refractivity contribution in [1.82, 2.24) is 24.5 Å². The van der Waals surface area contributed by atoms with Crippen molar-refractivity contribution in [2.45, 2.75) is 0 Å². The Kier molecular flexibility index (Phi) is 7.60. The molecule has 6 heteroatoms. The fourth-order valence-corrected chi connectivity index (χ4v) is 9.18. The monoisotopic (exact) mass is 733 g/mol. The van der Waals surface area contributed by atoms with Gasteiger partial charge in [0.05, 0.1) is 16.7 Å². The zero-order valence-electron chi connectivity index (χ0n) is 30.0. The van der Waals surface area contributed by atoms with Crippen LogP contribution in [0.3, 0.4) is 0 Å². The molecule has 0 aliphatic carbocycles. The third kappa shape index (κ3) is 5.30. The van der Waals surface area contributed by atoms with Gasteiger partial charge in [-0.3, -0.25) is 4.98 Å². The Morgan fingerprint density at radius 2 is 1.00 bits per heavy atom. The van der Waals surface area contributed by atoms with Crippen molar-refractivity contribution in [3.05, 3.63) is 188 Å².